The van der Waals surface area contributed by atoms with Crippen LogP contribution in [0.1, 0.15) is 0 Å². The van der Waals surface area contributed by atoms with Crippen molar-refractivity contribution in [1.29, 1.82) is 0 Å². The molecular formula is C14H8ClFN4OS. The number of hydrogen-bond donors (Lipinski definition) is 3. The Morgan fingerprint density at radius 2 is 2.00 bits per heavy atom. The fourth-order valence-corrected chi connectivity index (χ4v) is 3.33. The average molecular weight is 335 g/mol. The van der Waals surface area contributed by atoms with Crippen molar-refractivity contribution < 1.29 is 4.39 Å². The second-order valence-electron chi connectivity index (χ2n) is 4.69. The highest BCUT2D eigenvalue weighted by Gasteiger charge is 2.11. The molecule has 2 aromatic carbocycles. The third-order valence-electron chi connectivity index (χ3n) is 3.22. The largest absolute Gasteiger partial charge is 0.333 e. The third kappa shape index (κ3) is 2.18. The summed E-state index contributed by atoms with van der Waals surface area (Å²) >= 11 is 7.10. The average Bonchev–Trinajstić information content (AvgIpc) is 3.02. The maximum atomic E-state index is 13.5. The number of rotatable bonds is 2. The van der Waals surface area contributed by atoms with Crippen LogP contribution in [0.5, 0.6) is 0 Å². The monoisotopic (exact) mass is 334 g/mol. The zero-order valence-electron chi connectivity index (χ0n) is 10.9. The summed E-state index contributed by atoms with van der Waals surface area (Å²) in [5.41, 5.74) is 2.33. The first-order valence-corrected chi connectivity index (χ1v) is 7.53. The summed E-state index contributed by atoms with van der Waals surface area (Å²) in [5.74, 6) is -0.494. The van der Waals surface area contributed by atoms with Gasteiger partial charge >= 0.3 is 5.69 Å². The van der Waals surface area contributed by atoms with E-state index in [1.54, 1.807) is 0 Å². The first kappa shape index (κ1) is 13.4. The minimum absolute atomic E-state index is 0.0348. The number of hydrogen-bond acceptors (Lipinski definition) is 3. The van der Waals surface area contributed by atoms with Crippen molar-refractivity contribution in [3.63, 3.8) is 0 Å². The Kier molecular flexibility index (Phi) is 2.98. The molecule has 0 bridgehead atoms. The second kappa shape index (κ2) is 4.89. The van der Waals surface area contributed by atoms with Gasteiger partial charge in [0.25, 0.3) is 0 Å². The standard InChI is InChI=1S/C14H8ClFN4OS/c15-6-4-9-10(5-7(6)16)19-14(18-9)22-11-3-1-2-8-12(11)20-13(21)17-8/h1-5H,(H,18,19)(H2,17,20,21). The Bertz CT molecular complexity index is 1030. The molecule has 0 unspecified atom stereocenters. The number of nitrogens with one attached hydrogen (secondary N) is 3. The van der Waals surface area contributed by atoms with Crippen LogP contribution in [0, 0.1) is 5.82 Å². The van der Waals surface area contributed by atoms with E-state index in [-0.39, 0.29) is 10.7 Å². The van der Waals surface area contributed by atoms with Gasteiger partial charge in [-0.25, -0.2) is 14.2 Å². The molecule has 0 aliphatic carbocycles. The van der Waals surface area contributed by atoms with Gasteiger partial charge in [0.1, 0.15) is 5.82 Å². The van der Waals surface area contributed by atoms with Crippen LogP contribution in [-0.2, 0) is 0 Å². The lowest BCUT2D eigenvalue weighted by atomic mass is 10.3. The smallest absolute Gasteiger partial charge is 0.323 e. The lowest BCUT2D eigenvalue weighted by molar-refractivity contribution is 0.630. The molecule has 4 aromatic rings. The van der Waals surface area contributed by atoms with E-state index in [9.17, 15) is 9.18 Å². The molecule has 0 aliphatic rings. The molecule has 0 aliphatic heterocycles. The fraction of sp³-hybridized carbons (Fsp3) is 0. The zero-order valence-corrected chi connectivity index (χ0v) is 12.5. The number of halogens is 2. The van der Waals surface area contributed by atoms with Crippen molar-refractivity contribution in [2.75, 3.05) is 0 Å². The van der Waals surface area contributed by atoms with Crippen LogP contribution in [-0.4, -0.2) is 19.9 Å². The van der Waals surface area contributed by atoms with E-state index in [0.717, 1.165) is 10.4 Å². The molecule has 5 nitrogen and oxygen atoms in total. The number of fused-ring (bicyclic) bond motifs is 2. The SMILES string of the molecule is O=c1[nH]c2cccc(Sc3nc4cc(Cl)c(F)cc4[nH]3)c2[nH]1. The minimum Gasteiger partial charge on any atom is -0.333 e. The van der Waals surface area contributed by atoms with Gasteiger partial charge in [-0.05, 0) is 30.0 Å². The minimum atomic E-state index is -0.494. The normalized spacial score (nSPS) is 11.5. The van der Waals surface area contributed by atoms with Crippen LogP contribution in [0.25, 0.3) is 22.1 Å². The molecule has 110 valence electrons. The van der Waals surface area contributed by atoms with Crippen LogP contribution in [0.15, 0.2) is 45.2 Å². The van der Waals surface area contributed by atoms with E-state index in [1.807, 2.05) is 18.2 Å². The van der Waals surface area contributed by atoms with Gasteiger partial charge < -0.3 is 15.0 Å². The third-order valence-corrected chi connectivity index (χ3v) is 4.46. The molecule has 8 heteroatoms. The van der Waals surface area contributed by atoms with Crippen molar-refractivity contribution in [3.8, 4) is 0 Å². The van der Waals surface area contributed by atoms with E-state index in [1.165, 1.54) is 23.9 Å². The van der Waals surface area contributed by atoms with E-state index in [2.05, 4.69) is 19.9 Å². The Balaban J connectivity index is 1.80. The highest BCUT2D eigenvalue weighted by molar-refractivity contribution is 7.99. The Labute approximate surface area is 131 Å². The Morgan fingerprint density at radius 3 is 2.86 bits per heavy atom. The second-order valence-corrected chi connectivity index (χ2v) is 6.12. The zero-order chi connectivity index (χ0) is 15.3. The molecule has 0 atom stereocenters. The summed E-state index contributed by atoms with van der Waals surface area (Å²) in [7, 11) is 0. The van der Waals surface area contributed by atoms with Crippen molar-refractivity contribution in [2.24, 2.45) is 0 Å². The number of nitrogens with zero attached hydrogens (tertiary/aromatic N) is 1. The molecule has 0 radical (unpaired) electrons. The molecule has 0 amide bonds. The van der Waals surface area contributed by atoms with E-state index < -0.39 is 5.82 Å². The first-order chi connectivity index (χ1) is 10.6. The summed E-state index contributed by atoms with van der Waals surface area (Å²) in [6.45, 7) is 0. The van der Waals surface area contributed by atoms with Gasteiger partial charge in [-0.2, -0.15) is 0 Å². The van der Waals surface area contributed by atoms with Crippen molar-refractivity contribution in [2.45, 2.75) is 10.1 Å². The van der Waals surface area contributed by atoms with Crippen LogP contribution in [0.4, 0.5) is 4.39 Å². The van der Waals surface area contributed by atoms with E-state index in [0.29, 0.717) is 21.7 Å². The topological polar surface area (TPSA) is 77.3 Å². The summed E-state index contributed by atoms with van der Waals surface area (Å²) in [6.07, 6.45) is 0. The highest BCUT2D eigenvalue weighted by atomic mass is 35.5. The highest BCUT2D eigenvalue weighted by Crippen LogP contribution is 2.32. The Morgan fingerprint density at radius 1 is 1.14 bits per heavy atom. The molecule has 22 heavy (non-hydrogen) atoms. The van der Waals surface area contributed by atoms with E-state index in [4.69, 9.17) is 11.6 Å². The van der Waals surface area contributed by atoms with Crippen LogP contribution in [0.3, 0.4) is 0 Å². The Hall–Kier alpha value is -2.25. The number of aromatic nitrogens is 4. The van der Waals surface area contributed by atoms with Gasteiger partial charge in [0, 0.05) is 11.0 Å². The molecule has 0 saturated heterocycles. The number of para-hydroxylation sites is 1. The molecule has 3 N–H and O–H groups in total. The fourth-order valence-electron chi connectivity index (χ4n) is 2.25. The molecular weight excluding hydrogens is 327 g/mol. The molecule has 0 saturated carbocycles. The summed E-state index contributed by atoms with van der Waals surface area (Å²) in [4.78, 5) is 25.1. The van der Waals surface area contributed by atoms with Gasteiger partial charge in [0.15, 0.2) is 5.16 Å². The first-order valence-electron chi connectivity index (χ1n) is 6.34. The quantitative estimate of drug-likeness (QED) is 0.523. The predicted octanol–water partition coefficient (Wildman–Crippen LogP) is 3.68. The maximum absolute atomic E-state index is 13.5. The van der Waals surface area contributed by atoms with Gasteiger partial charge in [0.05, 0.1) is 27.1 Å². The van der Waals surface area contributed by atoms with Crippen molar-refractivity contribution in [3.05, 3.63) is 51.7 Å². The summed E-state index contributed by atoms with van der Waals surface area (Å²) in [5, 5.41) is 0.624. The number of benzene rings is 2. The molecule has 2 aromatic heterocycles. The van der Waals surface area contributed by atoms with Crippen molar-refractivity contribution in [1.82, 2.24) is 19.9 Å². The maximum Gasteiger partial charge on any atom is 0.323 e. The number of H-pyrrole nitrogens is 3. The van der Waals surface area contributed by atoms with Gasteiger partial charge in [0.2, 0.25) is 0 Å². The lowest BCUT2D eigenvalue weighted by Crippen LogP contribution is -1.99. The van der Waals surface area contributed by atoms with Gasteiger partial charge in [-0.1, -0.05) is 17.7 Å². The van der Waals surface area contributed by atoms with Gasteiger partial charge in [-0.15, -0.1) is 0 Å². The molecule has 0 spiro atoms. The lowest BCUT2D eigenvalue weighted by Gasteiger charge is -1.99. The van der Waals surface area contributed by atoms with Crippen LogP contribution in [0.2, 0.25) is 5.02 Å². The number of imidazole rings is 2. The predicted molar refractivity (Wildman–Crippen MR) is 84.1 cm³/mol. The summed E-state index contributed by atoms with van der Waals surface area (Å²) < 4.78 is 13.5. The van der Waals surface area contributed by atoms with Crippen LogP contribution >= 0.6 is 23.4 Å². The van der Waals surface area contributed by atoms with Gasteiger partial charge in [-0.3, -0.25) is 0 Å². The molecule has 2 heterocycles. The molecule has 4 rings (SSSR count). The van der Waals surface area contributed by atoms with E-state index >= 15 is 0 Å². The summed E-state index contributed by atoms with van der Waals surface area (Å²) in [6, 6.07) is 8.31. The number of aromatic amines is 3. The van der Waals surface area contributed by atoms with Crippen molar-refractivity contribution >= 4 is 45.4 Å². The molecule has 0 fully saturated rings. The van der Waals surface area contributed by atoms with Crippen LogP contribution < -0.4 is 5.69 Å².